The van der Waals surface area contributed by atoms with Gasteiger partial charge in [0, 0.05) is 36.9 Å². The molecule has 0 radical (unpaired) electrons. The van der Waals surface area contributed by atoms with Crippen molar-refractivity contribution in [3.05, 3.63) is 48.4 Å². The smallest absolute Gasteiger partial charge is 0.276 e. The number of anilines is 2. The van der Waals surface area contributed by atoms with Gasteiger partial charge in [-0.15, -0.1) is 0 Å². The highest BCUT2D eigenvalue weighted by molar-refractivity contribution is 6.10. The normalized spacial score (nSPS) is 14.8. The standard InChI is InChI=1S/C18H19N5O/c24-18(17-15-12-19-9-8-16(15)21-22-17)20-13-4-6-14(7-5-13)23-10-2-1-3-11-23/h4-9,12H,1-3,10-11H2,(H,20,24)(H,21,22). The molecule has 3 heterocycles. The first kappa shape index (κ1) is 14.7. The molecule has 1 amide bonds. The molecule has 1 aliphatic heterocycles. The van der Waals surface area contributed by atoms with E-state index < -0.39 is 0 Å². The van der Waals surface area contributed by atoms with Crippen molar-refractivity contribution >= 4 is 28.2 Å². The van der Waals surface area contributed by atoms with Gasteiger partial charge in [0.05, 0.1) is 10.9 Å². The summed E-state index contributed by atoms with van der Waals surface area (Å²) in [4.78, 5) is 18.9. The quantitative estimate of drug-likeness (QED) is 0.777. The molecule has 1 saturated heterocycles. The van der Waals surface area contributed by atoms with Gasteiger partial charge in [0.15, 0.2) is 5.69 Å². The largest absolute Gasteiger partial charge is 0.372 e. The Bertz CT molecular complexity index is 849. The van der Waals surface area contributed by atoms with Gasteiger partial charge in [-0.3, -0.25) is 14.9 Å². The summed E-state index contributed by atoms with van der Waals surface area (Å²) in [5.41, 5.74) is 3.14. The van der Waals surface area contributed by atoms with Gasteiger partial charge in [-0.1, -0.05) is 0 Å². The lowest BCUT2D eigenvalue weighted by Gasteiger charge is -2.28. The highest BCUT2D eigenvalue weighted by atomic mass is 16.1. The van der Waals surface area contributed by atoms with Crippen LogP contribution in [0.25, 0.3) is 10.9 Å². The number of H-pyrrole nitrogens is 1. The first-order valence-electron chi connectivity index (χ1n) is 8.26. The van der Waals surface area contributed by atoms with Gasteiger partial charge < -0.3 is 10.2 Å². The van der Waals surface area contributed by atoms with Gasteiger partial charge in [-0.05, 0) is 49.6 Å². The predicted octanol–water partition coefficient (Wildman–Crippen LogP) is 3.20. The number of aromatic amines is 1. The number of rotatable bonds is 3. The van der Waals surface area contributed by atoms with E-state index in [0.29, 0.717) is 5.69 Å². The molecule has 2 aromatic heterocycles. The van der Waals surface area contributed by atoms with Crippen LogP contribution in [-0.2, 0) is 0 Å². The van der Waals surface area contributed by atoms with Crippen LogP contribution in [-0.4, -0.2) is 34.2 Å². The highest BCUT2D eigenvalue weighted by Gasteiger charge is 2.15. The maximum atomic E-state index is 12.4. The van der Waals surface area contributed by atoms with E-state index in [-0.39, 0.29) is 5.91 Å². The van der Waals surface area contributed by atoms with Gasteiger partial charge in [0.1, 0.15) is 0 Å². The van der Waals surface area contributed by atoms with Gasteiger partial charge in [-0.25, -0.2) is 0 Å². The molecule has 0 atom stereocenters. The van der Waals surface area contributed by atoms with Crippen molar-refractivity contribution < 1.29 is 4.79 Å². The van der Waals surface area contributed by atoms with E-state index in [2.05, 4.69) is 37.5 Å². The number of piperidine rings is 1. The van der Waals surface area contributed by atoms with Crippen LogP contribution < -0.4 is 10.2 Å². The third-order valence-corrected chi connectivity index (χ3v) is 4.43. The Labute approximate surface area is 139 Å². The van der Waals surface area contributed by atoms with E-state index in [1.165, 1.54) is 24.9 Å². The van der Waals surface area contributed by atoms with Crippen molar-refractivity contribution in [3.63, 3.8) is 0 Å². The maximum Gasteiger partial charge on any atom is 0.276 e. The lowest BCUT2D eigenvalue weighted by molar-refractivity contribution is 0.102. The Morgan fingerprint density at radius 3 is 2.67 bits per heavy atom. The average molecular weight is 321 g/mol. The molecule has 0 aliphatic carbocycles. The fourth-order valence-corrected chi connectivity index (χ4v) is 3.13. The van der Waals surface area contributed by atoms with Gasteiger partial charge >= 0.3 is 0 Å². The van der Waals surface area contributed by atoms with E-state index in [0.717, 1.165) is 29.7 Å². The summed E-state index contributed by atoms with van der Waals surface area (Å²) in [5, 5.41) is 10.6. The van der Waals surface area contributed by atoms with Crippen LogP contribution in [0.5, 0.6) is 0 Å². The maximum absolute atomic E-state index is 12.4. The van der Waals surface area contributed by atoms with Crippen molar-refractivity contribution in [2.24, 2.45) is 0 Å². The van der Waals surface area contributed by atoms with E-state index in [9.17, 15) is 4.79 Å². The summed E-state index contributed by atoms with van der Waals surface area (Å²) in [6, 6.07) is 9.80. The van der Waals surface area contributed by atoms with Crippen molar-refractivity contribution in [1.29, 1.82) is 0 Å². The molecule has 3 aromatic rings. The summed E-state index contributed by atoms with van der Waals surface area (Å²) < 4.78 is 0. The predicted molar refractivity (Wildman–Crippen MR) is 94.3 cm³/mol. The molecular weight excluding hydrogens is 302 g/mol. The number of nitrogens with one attached hydrogen (secondary N) is 2. The molecule has 0 bridgehead atoms. The van der Waals surface area contributed by atoms with Gasteiger partial charge in [0.2, 0.25) is 0 Å². The van der Waals surface area contributed by atoms with Crippen LogP contribution in [0.2, 0.25) is 0 Å². The fourth-order valence-electron chi connectivity index (χ4n) is 3.13. The molecule has 0 spiro atoms. The monoisotopic (exact) mass is 321 g/mol. The van der Waals surface area contributed by atoms with Crippen LogP contribution in [0.4, 0.5) is 11.4 Å². The van der Waals surface area contributed by atoms with Crippen LogP contribution in [0, 0.1) is 0 Å². The van der Waals surface area contributed by atoms with Crippen molar-refractivity contribution in [2.45, 2.75) is 19.3 Å². The summed E-state index contributed by atoms with van der Waals surface area (Å²) >= 11 is 0. The second-order valence-corrected chi connectivity index (χ2v) is 6.04. The topological polar surface area (TPSA) is 73.9 Å². The van der Waals surface area contributed by atoms with E-state index in [4.69, 9.17) is 0 Å². The van der Waals surface area contributed by atoms with Crippen LogP contribution in [0.1, 0.15) is 29.8 Å². The number of hydrogen-bond acceptors (Lipinski definition) is 4. The number of nitrogens with zero attached hydrogens (tertiary/aromatic N) is 3. The third-order valence-electron chi connectivity index (χ3n) is 4.43. The zero-order valence-corrected chi connectivity index (χ0v) is 13.3. The Hall–Kier alpha value is -2.89. The number of carbonyl (C=O) groups excluding carboxylic acids is 1. The molecule has 6 heteroatoms. The van der Waals surface area contributed by atoms with E-state index in [1.807, 2.05) is 12.1 Å². The molecule has 1 fully saturated rings. The summed E-state index contributed by atoms with van der Waals surface area (Å²) in [5.74, 6) is -0.236. The lowest BCUT2D eigenvalue weighted by Crippen LogP contribution is -2.29. The zero-order chi connectivity index (χ0) is 16.4. The molecule has 6 nitrogen and oxygen atoms in total. The Morgan fingerprint density at radius 1 is 1.08 bits per heavy atom. The van der Waals surface area contributed by atoms with Crippen molar-refractivity contribution in [1.82, 2.24) is 15.2 Å². The molecule has 1 aliphatic rings. The van der Waals surface area contributed by atoms with E-state index in [1.54, 1.807) is 18.5 Å². The molecule has 4 rings (SSSR count). The molecule has 24 heavy (non-hydrogen) atoms. The first-order chi connectivity index (χ1) is 11.8. The molecular formula is C18H19N5O. The van der Waals surface area contributed by atoms with Crippen molar-refractivity contribution in [2.75, 3.05) is 23.3 Å². The highest BCUT2D eigenvalue weighted by Crippen LogP contribution is 2.22. The summed E-state index contributed by atoms with van der Waals surface area (Å²) in [6.07, 6.45) is 7.13. The van der Waals surface area contributed by atoms with Crippen LogP contribution in [0.15, 0.2) is 42.7 Å². The number of carbonyl (C=O) groups is 1. The Morgan fingerprint density at radius 2 is 1.88 bits per heavy atom. The number of fused-ring (bicyclic) bond motifs is 1. The number of pyridine rings is 1. The number of benzene rings is 1. The number of hydrogen-bond donors (Lipinski definition) is 2. The summed E-state index contributed by atoms with van der Waals surface area (Å²) in [6.45, 7) is 2.22. The van der Waals surface area contributed by atoms with Gasteiger partial charge in [0.25, 0.3) is 5.91 Å². The van der Waals surface area contributed by atoms with E-state index >= 15 is 0 Å². The average Bonchev–Trinajstić information content (AvgIpc) is 3.07. The number of amides is 1. The lowest BCUT2D eigenvalue weighted by atomic mass is 10.1. The molecule has 0 saturated carbocycles. The third kappa shape index (κ3) is 2.82. The molecule has 0 unspecified atom stereocenters. The Balaban J connectivity index is 1.49. The second kappa shape index (κ2) is 6.31. The fraction of sp³-hybridized carbons (Fsp3) is 0.278. The minimum Gasteiger partial charge on any atom is -0.372 e. The van der Waals surface area contributed by atoms with Crippen molar-refractivity contribution in [3.8, 4) is 0 Å². The zero-order valence-electron chi connectivity index (χ0n) is 13.3. The minimum atomic E-state index is -0.236. The minimum absolute atomic E-state index is 0.236. The Kier molecular flexibility index (Phi) is 3.86. The molecule has 122 valence electrons. The summed E-state index contributed by atoms with van der Waals surface area (Å²) in [7, 11) is 0. The molecule has 1 aromatic carbocycles. The van der Waals surface area contributed by atoms with Crippen LogP contribution >= 0.6 is 0 Å². The van der Waals surface area contributed by atoms with Crippen LogP contribution in [0.3, 0.4) is 0 Å². The molecule has 2 N–H and O–H groups in total. The van der Waals surface area contributed by atoms with Gasteiger partial charge in [-0.2, -0.15) is 5.10 Å². The second-order valence-electron chi connectivity index (χ2n) is 6.04. The first-order valence-corrected chi connectivity index (χ1v) is 8.26. The SMILES string of the molecule is O=C(Nc1ccc(N2CCCCC2)cc1)c1n[nH]c2ccncc12. The number of aromatic nitrogens is 3.